The van der Waals surface area contributed by atoms with Crippen LogP contribution in [0.2, 0.25) is 0 Å². The lowest BCUT2D eigenvalue weighted by molar-refractivity contribution is 0.189. The summed E-state index contributed by atoms with van der Waals surface area (Å²) in [5.41, 5.74) is 6.52. The highest BCUT2D eigenvalue weighted by Gasteiger charge is 2.12. The second kappa shape index (κ2) is 4.04. The summed E-state index contributed by atoms with van der Waals surface area (Å²) in [4.78, 5) is 0. The maximum Gasteiger partial charge on any atom is 0.158 e. The number of ether oxygens (including phenoxy) is 2. The lowest BCUT2D eigenvalue weighted by atomic mass is 10.1. The Labute approximate surface area is 72.8 Å². The van der Waals surface area contributed by atoms with Crippen molar-refractivity contribution in [2.75, 3.05) is 13.7 Å². The number of nitrogens with two attached hydrogens (primary N) is 1. The largest absolute Gasteiger partial charge is 0.497 e. The molecule has 0 aromatic carbocycles. The number of hydrogen-bond donors (Lipinski definition) is 1. The Hall–Kier alpha value is -1.12. The predicted octanol–water partition coefficient (Wildman–Crippen LogP) is 1.52. The van der Waals surface area contributed by atoms with E-state index in [1.165, 1.54) is 0 Å². The van der Waals surface area contributed by atoms with Crippen molar-refractivity contribution in [3.8, 4) is 0 Å². The molecule has 68 valence electrons. The minimum Gasteiger partial charge on any atom is -0.497 e. The smallest absolute Gasteiger partial charge is 0.158 e. The second-order valence-electron chi connectivity index (χ2n) is 2.64. The third-order valence-corrected chi connectivity index (χ3v) is 1.78. The molecule has 2 N–H and O–H groups in total. The monoisotopic (exact) mass is 169 g/mol. The Bertz CT molecular complexity index is 219. The number of methoxy groups -OCH3 is 1. The number of allylic oxidation sites excluding steroid dienone is 3. The molecule has 0 aromatic heterocycles. The third kappa shape index (κ3) is 1.94. The van der Waals surface area contributed by atoms with E-state index in [4.69, 9.17) is 15.2 Å². The van der Waals surface area contributed by atoms with E-state index in [2.05, 4.69) is 0 Å². The van der Waals surface area contributed by atoms with E-state index in [0.717, 1.165) is 30.1 Å². The average Bonchev–Trinajstić information content (AvgIpc) is 2.05. The Kier molecular flexibility index (Phi) is 3.02. The molecule has 0 fully saturated rings. The Morgan fingerprint density at radius 1 is 1.50 bits per heavy atom. The summed E-state index contributed by atoms with van der Waals surface area (Å²) >= 11 is 0. The molecular weight excluding hydrogens is 154 g/mol. The molecule has 3 heteroatoms. The Balaban J connectivity index is 2.77. The van der Waals surface area contributed by atoms with Gasteiger partial charge in [0.2, 0.25) is 0 Å². The molecule has 1 aliphatic carbocycles. The molecule has 0 heterocycles. The van der Waals surface area contributed by atoms with Crippen molar-refractivity contribution in [2.24, 2.45) is 5.73 Å². The molecule has 0 saturated carbocycles. The molecule has 0 saturated heterocycles. The van der Waals surface area contributed by atoms with Crippen LogP contribution in [0.3, 0.4) is 0 Å². The fraction of sp³-hybridized carbons (Fsp3) is 0.556. The van der Waals surface area contributed by atoms with Crippen LogP contribution in [0.15, 0.2) is 23.3 Å². The summed E-state index contributed by atoms with van der Waals surface area (Å²) in [6.07, 6.45) is 3.54. The highest BCUT2D eigenvalue weighted by molar-refractivity contribution is 5.25. The van der Waals surface area contributed by atoms with Crippen LogP contribution in [0.5, 0.6) is 0 Å². The van der Waals surface area contributed by atoms with Crippen LogP contribution in [0.4, 0.5) is 0 Å². The van der Waals surface area contributed by atoms with Gasteiger partial charge >= 0.3 is 0 Å². The fourth-order valence-electron chi connectivity index (χ4n) is 1.18. The Morgan fingerprint density at radius 2 is 2.25 bits per heavy atom. The topological polar surface area (TPSA) is 44.5 Å². The van der Waals surface area contributed by atoms with Gasteiger partial charge in [0.1, 0.15) is 5.76 Å². The van der Waals surface area contributed by atoms with Crippen LogP contribution >= 0.6 is 0 Å². The summed E-state index contributed by atoms with van der Waals surface area (Å²) in [5.74, 6) is 1.68. The second-order valence-corrected chi connectivity index (χ2v) is 2.64. The molecule has 0 radical (unpaired) electrons. The van der Waals surface area contributed by atoms with Crippen LogP contribution in [0, 0.1) is 0 Å². The van der Waals surface area contributed by atoms with E-state index >= 15 is 0 Å². The van der Waals surface area contributed by atoms with Crippen molar-refractivity contribution in [3.63, 3.8) is 0 Å². The molecule has 0 aromatic rings. The van der Waals surface area contributed by atoms with E-state index in [-0.39, 0.29) is 0 Å². The van der Waals surface area contributed by atoms with Crippen molar-refractivity contribution in [1.29, 1.82) is 0 Å². The van der Waals surface area contributed by atoms with Gasteiger partial charge < -0.3 is 15.2 Å². The molecule has 12 heavy (non-hydrogen) atoms. The summed E-state index contributed by atoms with van der Waals surface area (Å²) in [6, 6.07) is 0. The van der Waals surface area contributed by atoms with Gasteiger partial charge in [-0.3, -0.25) is 0 Å². The Morgan fingerprint density at radius 3 is 2.83 bits per heavy atom. The first-order valence-corrected chi connectivity index (χ1v) is 4.14. The van der Waals surface area contributed by atoms with Gasteiger partial charge in [0, 0.05) is 18.2 Å². The molecule has 0 bridgehead atoms. The molecule has 0 aliphatic heterocycles. The van der Waals surface area contributed by atoms with Crippen LogP contribution in [0.1, 0.15) is 19.8 Å². The first-order chi connectivity index (χ1) is 5.77. The van der Waals surface area contributed by atoms with Crippen LogP contribution < -0.4 is 5.73 Å². The fourth-order valence-corrected chi connectivity index (χ4v) is 1.18. The van der Waals surface area contributed by atoms with Gasteiger partial charge in [0.05, 0.1) is 13.7 Å². The van der Waals surface area contributed by atoms with Gasteiger partial charge in [-0.1, -0.05) is 0 Å². The van der Waals surface area contributed by atoms with Gasteiger partial charge in [0.15, 0.2) is 5.76 Å². The summed E-state index contributed by atoms with van der Waals surface area (Å²) in [6.45, 7) is 2.59. The molecular formula is C9H15NO2. The van der Waals surface area contributed by atoms with E-state index in [9.17, 15) is 0 Å². The molecule has 3 nitrogen and oxygen atoms in total. The lowest BCUT2D eigenvalue weighted by Crippen LogP contribution is -2.08. The van der Waals surface area contributed by atoms with Crippen LogP contribution in [-0.4, -0.2) is 13.7 Å². The zero-order valence-electron chi connectivity index (χ0n) is 7.59. The van der Waals surface area contributed by atoms with E-state index in [0.29, 0.717) is 6.61 Å². The molecule has 1 aliphatic rings. The summed E-state index contributed by atoms with van der Waals surface area (Å²) in [5, 5.41) is 0. The maximum absolute atomic E-state index is 5.66. The van der Waals surface area contributed by atoms with E-state index in [1.54, 1.807) is 7.11 Å². The number of hydrogen-bond acceptors (Lipinski definition) is 3. The molecule has 0 amide bonds. The molecule has 1 rings (SSSR count). The van der Waals surface area contributed by atoms with Gasteiger partial charge in [-0.2, -0.15) is 0 Å². The summed E-state index contributed by atoms with van der Waals surface area (Å²) in [7, 11) is 1.66. The minimum absolute atomic E-state index is 0.645. The van der Waals surface area contributed by atoms with Crippen LogP contribution in [-0.2, 0) is 9.47 Å². The molecule has 0 atom stereocenters. The summed E-state index contributed by atoms with van der Waals surface area (Å²) < 4.78 is 10.5. The number of rotatable bonds is 3. The van der Waals surface area contributed by atoms with Gasteiger partial charge in [-0.15, -0.1) is 0 Å². The average molecular weight is 169 g/mol. The minimum atomic E-state index is 0.645. The van der Waals surface area contributed by atoms with Gasteiger partial charge in [-0.25, -0.2) is 0 Å². The first-order valence-electron chi connectivity index (χ1n) is 4.14. The van der Waals surface area contributed by atoms with E-state index < -0.39 is 0 Å². The SMILES string of the molecule is CCOC1=C(OC)CCC(N)=C1. The normalized spacial score (nSPS) is 17.3. The highest BCUT2D eigenvalue weighted by Crippen LogP contribution is 2.22. The molecule has 0 spiro atoms. The maximum atomic E-state index is 5.66. The zero-order valence-corrected chi connectivity index (χ0v) is 7.59. The van der Waals surface area contributed by atoms with Crippen molar-refractivity contribution >= 4 is 0 Å². The van der Waals surface area contributed by atoms with Crippen LogP contribution in [0.25, 0.3) is 0 Å². The van der Waals surface area contributed by atoms with Crippen molar-refractivity contribution < 1.29 is 9.47 Å². The van der Waals surface area contributed by atoms with Crippen molar-refractivity contribution in [1.82, 2.24) is 0 Å². The van der Waals surface area contributed by atoms with Gasteiger partial charge in [0.25, 0.3) is 0 Å². The van der Waals surface area contributed by atoms with Crippen molar-refractivity contribution in [3.05, 3.63) is 23.3 Å². The lowest BCUT2D eigenvalue weighted by Gasteiger charge is -2.16. The predicted molar refractivity (Wildman–Crippen MR) is 47.2 cm³/mol. The van der Waals surface area contributed by atoms with E-state index in [1.807, 2.05) is 13.0 Å². The van der Waals surface area contributed by atoms with Gasteiger partial charge in [-0.05, 0) is 13.3 Å². The quantitative estimate of drug-likeness (QED) is 0.696. The highest BCUT2D eigenvalue weighted by atomic mass is 16.5. The zero-order chi connectivity index (χ0) is 8.97. The first kappa shape index (κ1) is 8.97. The standard InChI is InChI=1S/C9H15NO2/c1-3-12-9-6-7(10)4-5-8(9)11-2/h6H,3-5,10H2,1-2H3. The molecule has 0 unspecified atom stereocenters. The third-order valence-electron chi connectivity index (χ3n) is 1.78. The van der Waals surface area contributed by atoms with Crippen molar-refractivity contribution in [2.45, 2.75) is 19.8 Å².